The summed E-state index contributed by atoms with van der Waals surface area (Å²) in [5, 5.41) is 3.03. The molecule has 6 nitrogen and oxygen atoms in total. The van der Waals surface area contributed by atoms with Gasteiger partial charge in [-0.3, -0.25) is 14.7 Å². The lowest BCUT2D eigenvalue weighted by molar-refractivity contribution is -0.139. The van der Waals surface area contributed by atoms with Gasteiger partial charge in [0, 0.05) is 21.8 Å². The third kappa shape index (κ3) is 2.92. The highest BCUT2D eigenvalue weighted by molar-refractivity contribution is 9.10. The number of aromatic nitrogens is 3. The molecule has 0 spiro atoms. The van der Waals surface area contributed by atoms with Gasteiger partial charge < -0.3 is 4.74 Å². The number of rotatable bonds is 3. The third-order valence-electron chi connectivity index (χ3n) is 3.60. The minimum Gasteiger partial charge on any atom is -0.469 e. The molecule has 0 amide bonds. The van der Waals surface area contributed by atoms with Crippen LogP contribution in [0.4, 0.5) is 0 Å². The van der Waals surface area contributed by atoms with Gasteiger partial charge in [-0.2, -0.15) is 0 Å². The van der Waals surface area contributed by atoms with Gasteiger partial charge in [0.05, 0.1) is 24.8 Å². The fraction of sp³-hybridized carbons (Fsp3) is 0.188. The quantitative estimate of drug-likeness (QED) is 0.713. The van der Waals surface area contributed by atoms with Crippen molar-refractivity contribution in [2.75, 3.05) is 7.11 Å². The summed E-state index contributed by atoms with van der Waals surface area (Å²) in [5.74, 6) is -0.467. The number of benzene rings is 1. The number of ether oxygens (including phenoxy) is 1. The second kappa shape index (κ2) is 6.00. The predicted molar refractivity (Wildman–Crippen MR) is 89.4 cm³/mol. The fourth-order valence-corrected chi connectivity index (χ4v) is 2.79. The van der Waals surface area contributed by atoms with Crippen LogP contribution in [0.3, 0.4) is 0 Å². The number of fused-ring (bicyclic) bond motifs is 1. The summed E-state index contributed by atoms with van der Waals surface area (Å²) in [6.07, 6.45) is -0.0949. The molecule has 3 rings (SSSR count). The van der Waals surface area contributed by atoms with Crippen LogP contribution in [-0.4, -0.2) is 27.7 Å². The average molecular weight is 376 g/mol. The number of esters is 1. The summed E-state index contributed by atoms with van der Waals surface area (Å²) in [6.45, 7) is 1.71. The average Bonchev–Trinajstić information content (AvgIpc) is 2.95. The van der Waals surface area contributed by atoms with Crippen LogP contribution in [0.25, 0.3) is 16.9 Å². The number of hydrogen-bond donors (Lipinski definition) is 1. The summed E-state index contributed by atoms with van der Waals surface area (Å²) >= 11 is 3.43. The number of nitrogens with one attached hydrogen (secondary N) is 1. The number of nitrogens with zero attached hydrogens (tertiary/aromatic N) is 2. The van der Waals surface area contributed by atoms with Gasteiger partial charge in [-0.05, 0) is 19.1 Å². The van der Waals surface area contributed by atoms with Gasteiger partial charge in [-0.15, -0.1) is 0 Å². The zero-order chi connectivity index (χ0) is 16.6. The van der Waals surface area contributed by atoms with E-state index in [0.29, 0.717) is 16.9 Å². The smallest absolute Gasteiger partial charge is 0.310 e. The first-order chi connectivity index (χ1) is 11.0. The highest BCUT2D eigenvalue weighted by Gasteiger charge is 2.16. The molecule has 0 bridgehead atoms. The Hall–Kier alpha value is -2.41. The van der Waals surface area contributed by atoms with Crippen molar-refractivity contribution in [1.29, 1.82) is 0 Å². The maximum atomic E-state index is 12.6. The molecule has 0 saturated carbocycles. The van der Waals surface area contributed by atoms with Crippen molar-refractivity contribution in [2.24, 2.45) is 0 Å². The number of carbonyl (C=O) groups excluding carboxylic acids is 1. The number of hydrogen-bond acceptors (Lipinski definition) is 4. The Kier molecular flexibility index (Phi) is 4.04. The van der Waals surface area contributed by atoms with Gasteiger partial charge in [0.25, 0.3) is 5.56 Å². The molecule has 1 N–H and O–H groups in total. The Bertz CT molecular complexity index is 959. The van der Waals surface area contributed by atoms with Gasteiger partial charge in [-0.25, -0.2) is 9.50 Å². The highest BCUT2D eigenvalue weighted by Crippen LogP contribution is 2.22. The van der Waals surface area contributed by atoms with E-state index in [1.165, 1.54) is 11.6 Å². The maximum Gasteiger partial charge on any atom is 0.310 e. The lowest BCUT2D eigenvalue weighted by Crippen LogP contribution is -2.24. The van der Waals surface area contributed by atoms with E-state index < -0.39 is 5.97 Å². The Balaban J connectivity index is 2.15. The van der Waals surface area contributed by atoms with Crippen molar-refractivity contribution >= 4 is 27.5 Å². The zero-order valence-corrected chi connectivity index (χ0v) is 14.2. The number of aryl methyl sites for hydroxylation is 1. The standard InChI is InChI=1S/C16H14BrN3O3/c1-9-12(7-15(21)23-2)16(22)20-14(18-9)8-13(19-20)10-4-3-5-11(17)6-10/h3-6,8,19H,7H2,1-2H3. The number of halogens is 1. The molecule has 2 heterocycles. The maximum absolute atomic E-state index is 12.6. The molecule has 23 heavy (non-hydrogen) atoms. The summed E-state index contributed by atoms with van der Waals surface area (Å²) in [6, 6.07) is 9.52. The molecular weight excluding hydrogens is 362 g/mol. The highest BCUT2D eigenvalue weighted by atomic mass is 79.9. The third-order valence-corrected chi connectivity index (χ3v) is 4.09. The summed E-state index contributed by atoms with van der Waals surface area (Å²) in [7, 11) is 1.29. The molecule has 0 unspecified atom stereocenters. The molecule has 7 heteroatoms. The SMILES string of the molecule is COC(=O)Cc1c(C)nc2cc(-c3cccc(Br)c3)[nH]n2c1=O. The largest absolute Gasteiger partial charge is 0.469 e. The van der Waals surface area contributed by atoms with E-state index in [4.69, 9.17) is 0 Å². The van der Waals surface area contributed by atoms with Crippen molar-refractivity contribution in [2.45, 2.75) is 13.3 Å². The van der Waals surface area contributed by atoms with Crippen molar-refractivity contribution < 1.29 is 9.53 Å². The monoisotopic (exact) mass is 375 g/mol. The lowest BCUT2D eigenvalue weighted by Gasteiger charge is -2.04. The van der Waals surface area contributed by atoms with E-state index in [-0.39, 0.29) is 12.0 Å². The minimum absolute atomic E-state index is 0.0949. The van der Waals surface area contributed by atoms with Crippen LogP contribution in [0.2, 0.25) is 0 Å². The van der Waals surface area contributed by atoms with Crippen LogP contribution < -0.4 is 5.56 Å². The van der Waals surface area contributed by atoms with Gasteiger partial charge in [0.1, 0.15) is 0 Å². The molecule has 0 atom stereocenters. The van der Waals surface area contributed by atoms with E-state index in [0.717, 1.165) is 15.7 Å². The predicted octanol–water partition coefficient (Wildman–Crippen LogP) is 2.48. The van der Waals surface area contributed by atoms with E-state index in [1.807, 2.05) is 24.3 Å². The van der Waals surface area contributed by atoms with Crippen LogP contribution in [0.15, 0.2) is 39.6 Å². The Morgan fingerprint density at radius 3 is 2.87 bits per heavy atom. The Morgan fingerprint density at radius 1 is 1.39 bits per heavy atom. The summed E-state index contributed by atoms with van der Waals surface area (Å²) in [4.78, 5) is 28.5. The molecule has 2 aromatic heterocycles. The Labute approximate surface area is 140 Å². The fourth-order valence-electron chi connectivity index (χ4n) is 2.39. The molecule has 1 aromatic carbocycles. The normalized spacial score (nSPS) is 10.9. The first-order valence-electron chi connectivity index (χ1n) is 6.93. The van der Waals surface area contributed by atoms with Gasteiger partial charge in [-0.1, -0.05) is 28.1 Å². The van der Waals surface area contributed by atoms with Crippen LogP contribution in [0, 0.1) is 6.92 Å². The molecule has 0 aliphatic carbocycles. The van der Waals surface area contributed by atoms with Crippen LogP contribution in [0.1, 0.15) is 11.3 Å². The number of carbonyl (C=O) groups is 1. The van der Waals surface area contributed by atoms with E-state index in [9.17, 15) is 9.59 Å². The lowest BCUT2D eigenvalue weighted by atomic mass is 10.1. The second-order valence-electron chi connectivity index (χ2n) is 5.11. The van der Waals surface area contributed by atoms with Crippen molar-refractivity contribution in [1.82, 2.24) is 14.6 Å². The summed E-state index contributed by atoms with van der Waals surface area (Å²) in [5.41, 5.74) is 2.77. The molecular formula is C16H14BrN3O3. The first kappa shape index (κ1) is 15.5. The van der Waals surface area contributed by atoms with Crippen molar-refractivity contribution in [3.8, 4) is 11.3 Å². The molecule has 0 aliphatic heterocycles. The second-order valence-corrected chi connectivity index (χ2v) is 6.02. The van der Waals surface area contributed by atoms with Crippen LogP contribution in [-0.2, 0) is 16.0 Å². The molecule has 118 valence electrons. The van der Waals surface area contributed by atoms with E-state index in [1.54, 1.807) is 13.0 Å². The van der Waals surface area contributed by atoms with Gasteiger partial charge in [0.2, 0.25) is 0 Å². The van der Waals surface area contributed by atoms with Crippen molar-refractivity contribution in [3.05, 3.63) is 56.4 Å². The topological polar surface area (TPSA) is 76.5 Å². The van der Waals surface area contributed by atoms with E-state index >= 15 is 0 Å². The van der Waals surface area contributed by atoms with Crippen molar-refractivity contribution in [3.63, 3.8) is 0 Å². The van der Waals surface area contributed by atoms with Crippen LogP contribution >= 0.6 is 15.9 Å². The molecule has 0 fully saturated rings. The zero-order valence-electron chi connectivity index (χ0n) is 12.6. The van der Waals surface area contributed by atoms with E-state index in [2.05, 4.69) is 30.7 Å². The van der Waals surface area contributed by atoms with Gasteiger partial charge in [0.15, 0.2) is 5.65 Å². The number of methoxy groups -OCH3 is 1. The minimum atomic E-state index is -0.467. The molecule has 0 radical (unpaired) electrons. The Morgan fingerprint density at radius 2 is 2.17 bits per heavy atom. The molecule has 0 saturated heterocycles. The summed E-state index contributed by atoms with van der Waals surface area (Å²) < 4.78 is 6.92. The van der Waals surface area contributed by atoms with Crippen LogP contribution in [0.5, 0.6) is 0 Å². The molecule has 0 aliphatic rings. The molecule has 3 aromatic rings. The first-order valence-corrected chi connectivity index (χ1v) is 7.73. The van der Waals surface area contributed by atoms with Gasteiger partial charge >= 0.3 is 5.97 Å². The number of H-pyrrole nitrogens is 1. The number of aromatic amines is 1.